The van der Waals surface area contributed by atoms with Gasteiger partial charge in [0, 0.05) is 10.0 Å². The van der Waals surface area contributed by atoms with Crippen LogP contribution < -0.4 is 5.73 Å². The topological polar surface area (TPSA) is 39.2 Å². The molecule has 0 amide bonds. The number of benzene rings is 1. The van der Waals surface area contributed by atoms with Crippen LogP contribution in [0.15, 0.2) is 45.7 Å². The van der Waals surface area contributed by atoms with Crippen LogP contribution in [0.1, 0.15) is 22.7 Å². The summed E-state index contributed by atoms with van der Waals surface area (Å²) in [5.41, 5.74) is 9.43. The van der Waals surface area contributed by atoms with Gasteiger partial charge in [-0.05, 0) is 30.2 Å². The van der Waals surface area contributed by atoms with E-state index in [0.29, 0.717) is 0 Å². The van der Waals surface area contributed by atoms with Crippen LogP contribution in [0.4, 0.5) is 0 Å². The SMILES string of the molecule is Cc1c(Br)cccc1C(N)c1ccoc1. The Morgan fingerprint density at radius 1 is 1.33 bits per heavy atom. The first-order valence-corrected chi connectivity index (χ1v) is 5.52. The van der Waals surface area contributed by atoms with E-state index in [9.17, 15) is 0 Å². The molecular formula is C12H12BrNO. The van der Waals surface area contributed by atoms with Crippen molar-refractivity contribution < 1.29 is 4.42 Å². The summed E-state index contributed by atoms with van der Waals surface area (Å²) < 4.78 is 6.12. The second-order valence-electron chi connectivity index (χ2n) is 3.49. The highest BCUT2D eigenvalue weighted by Gasteiger charge is 2.13. The average Bonchev–Trinajstić information content (AvgIpc) is 2.74. The molecule has 1 aromatic heterocycles. The average molecular weight is 266 g/mol. The summed E-state index contributed by atoms with van der Waals surface area (Å²) in [6.45, 7) is 2.05. The Labute approximate surface area is 97.2 Å². The molecule has 3 heteroatoms. The van der Waals surface area contributed by atoms with E-state index in [0.717, 1.165) is 15.6 Å². The first-order chi connectivity index (χ1) is 7.20. The normalized spacial score (nSPS) is 12.7. The van der Waals surface area contributed by atoms with Gasteiger partial charge in [0.05, 0.1) is 18.6 Å². The zero-order valence-corrected chi connectivity index (χ0v) is 9.99. The van der Waals surface area contributed by atoms with Gasteiger partial charge in [-0.1, -0.05) is 28.1 Å². The Balaban J connectivity index is 2.42. The summed E-state index contributed by atoms with van der Waals surface area (Å²) in [6.07, 6.45) is 3.33. The fourth-order valence-corrected chi connectivity index (χ4v) is 1.97. The number of rotatable bonds is 2. The van der Waals surface area contributed by atoms with Gasteiger partial charge in [0.1, 0.15) is 0 Å². The van der Waals surface area contributed by atoms with Crippen molar-refractivity contribution >= 4 is 15.9 Å². The number of furan rings is 1. The molecule has 1 unspecified atom stereocenters. The molecule has 0 aliphatic rings. The predicted octanol–water partition coefficient (Wildman–Crippen LogP) is 3.40. The lowest BCUT2D eigenvalue weighted by molar-refractivity contribution is 0.562. The van der Waals surface area contributed by atoms with E-state index >= 15 is 0 Å². The van der Waals surface area contributed by atoms with Crippen molar-refractivity contribution in [2.75, 3.05) is 0 Å². The van der Waals surface area contributed by atoms with Crippen LogP contribution >= 0.6 is 15.9 Å². The Morgan fingerprint density at radius 3 is 2.80 bits per heavy atom. The van der Waals surface area contributed by atoms with Gasteiger partial charge >= 0.3 is 0 Å². The number of halogens is 1. The molecule has 0 bridgehead atoms. The van der Waals surface area contributed by atoms with E-state index in [1.54, 1.807) is 12.5 Å². The van der Waals surface area contributed by atoms with Crippen molar-refractivity contribution in [3.8, 4) is 0 Å². The standard InChI is InChI=1S/C12H12BrNO/c1-8-10(3-2-4-11(8)13)12(14)9-5-6-15-7-9/h2-7,12H,14H2,1H3. The van der Waals surface area contributed by atoms with Crippen molar-refractivity contribution in [3.63, 3.8) is 0 Å². The van der Waals surface area contributed by atoms with Gasteiger partial charge in [0.25, 0.3) is 0 Å². The molecule has 0 aliphatic carbocycles. The molecule has 1 atom stereocenters. The van der Waals surface area contributed by atoms with E-state index in [2.05, 4.69) is 22.9 Å². The maximum Gasteiger partial charge on any atom is 0.0953 e. The van der Waals surface area contributed by atoms with Crippen LogP contribution in [-0.2, 0) is 0 Å². The van der Waals surface area contributed by atoms with Crippen LogP contribution in [0.5, 0.6) is 0 Å². The maximum absolute atomic E-state index is 6.15. The molecule has 78 valence electrons. The van der Waals surface area contributed by atoms with Crippen molar-refractivity contribution in [1.82, 2.24) is 0 Å². The Kier molecular flexibility index (Phi) is 2.93. The van der Waals surface area contributed by atoms with E-state index in [1.165, 1.54) is 5.56 Å². The number of nitrogens with two attached hydrogens (primary N) is 1. The van der Waals surface area contributed by atoms with Crippen molar-refractivity contribution in [2.45, 2.75) is 13.0 Å². The van der Waals surface area contributed by atoms with E-state index in [4.69, 9.17) is 10.2 Å². The van der Waals surface area contributed by atoms with Crippen LogP contribution in [0.3, 0.4) is 0 Å². The number of hydrogen-bond donors (Lipinski definition) is 1. The molecule has 0 radical (unpaired) electrons. The summed E-state index contributed by atoms with van der Waals surface area (Å²) in [6, 6.07) is 7.82. The minimum atomic E-state index is -0.124. The Morgan fingerprint density at radius 2 is 2.13 bits per heavy atom. The third kappa shape index (κ3) is 1.98. The first kappa shape index (κ1) is 10.5. The monoisotopic (exact) mass is 265 g/mol. The summed E-state index contributed by atoms with van der Waals surface area (Å²) in [7, 11) is 0. The summed E-state index contributed by atoms with van der Waals surface area (Å²) in [5.74, 6) is 0. The smallest absolute Gasteiger partial charge is 0.0953 e. The van der Waals surface area contributed by atoms with Gasteiger partial charge in [-0.3, -0.25) is 0 Å². The van der Waals surface area contributed by atoms with Gasteiger partial charge < -0.3 is 10.2 Å². The van der Waals surface area contributed by atoms with Crippen molar-refractivity contribution in [3.05, 3.63) is 58.0 Å². The summed E-state index contributed by atoms with van der Waals surface area (Å²) in [5, 5.41) is 0. The highest BCUT2D eigenvalue weighted by Crippen LogP contribution is 2.27. The van der Waals surface area contributed by atoms with Crippen LogP contribution in [0.25, 0.3) is 0 Å². The largest absolute Gasteiger partial charge is 0.472 e. The van der Waals surface area contributed by atoms with Gasteiger partial charge in [-0.25, -0.2) is 0 Å². The fourth-order valence-electron chi connectivity index (χ4n) is 1.59. The van der Waals surface area contributed by atoms with Gasteiger partial charge in [0.2, 0.25) is 0 Å². The second kappa shape index (κ2) is 4.21. The van der Waals surface area contributed by atoms with E-state index in [1.807, 2.05) is 24.3 Å². The Hall–Kier alpha value is -1.06. The minimum absolute atomic E-state index is 0.124. The van der Waals surface area contributed by atoms with Gasteiger partial charge in [-0.2, -0.15) is 0 Å². The zero-order valence-electron chi connectivity index (χ0n) is 8.41. The third-order valence-electron chi connectivity index (χ3n) is 2.55. The van der Waals surface area contributed by atoms with Crippen molar-refractivity contribution in [2.24, 2.45) is 5.73 Å². The molecule has 0 fully saturated rings. The van der Waals surface area contributed by atoms with Gasteiger partial charge in [-0.15, -0.1) is 0 Å². The molecule has 2 N–H and O–H groups in total. The molecule has 1 heterocycles. The molecule has 2 aromatic rings. The highest BCUT2D eigenvalue weighted by atomic mass is 79.9. The molecular weight excluding hydrogens is 254 g/mol. The fraction of sp³-hybridized carbons (Fsp3) is 0.167. The van der Waals surface area contributed by atoms with Crippen LogP contribution in [0, 0.1) is 6.92 Å². The lowest BCUT2D eigenvalue weighted by Gasteiger charge is -2.13. The summed E-state index contributed by atoms with van der Waals surface area (Å²) >= 11 is 3.50. The molecule has 2 nitrogen and oxygen atoms in total. The Bertz CT molecular complexity index is 451. The highest BCUT2D eigenvalue weighted by molar-refractivity contribution is 9.10. The van der Waals surface area contributed by atoms with Crippen LogP contribution in [0.2, 0.25) is 0 Å². The van der Waals surface area contributed by atoms with Gasteiger partial charge in [0.15, 0.2) is 0 Å². The lowest BCUT2D eigenvalue weighted by Crippen LogP contribution is -2.12. The number of hydrogen-bond acceptors (Lipinski definition) is 2. The van der Waals surface area contributed by atoms with E-state index in [-0.39, 0.29) is 6.04 Å². The zero-order chi connectivity index (χ0) is 10.8. The minimum Gasteiger partial charge on any atom is -0.472 e. The molecule has 0 saturated carbocycles. The first-order valence-electron chi connectivity index (χ1n) is 4.73. The second-order valence-corrected chi connectivity index (χ2v) is 4.34. The third-order valence-corrected chi connectivity index (χ3v) is 3.41. The molecule has 1 aromatic carbocycles. The molecule has 0 spiro atoms. The molecule has 0 saturated heterocycles. The predicted molar refractivity (Wildman–Crippen MR) is 63.6 cm³/mol. The molecule has 0 aliphatic heterocycles. The molecule has 2 rings (SSSR count). The lowest BCUT2D eigenvalue weighted by atomic mass is 9.98. The quantitative estimate of drug-likeness (QED) is 0.904. The van der Waals surface area contributed by atoms with E-state index < -0.39 is 0 Å². The van der Waals surface area contributed by atoms with Crippen LogP contribution in [-0.4, -0.2) is 0 Å². The van der Waals surface area contributed by atoms with Crippen molar-refractivity contribution in [1.29, 1.82) is 0 Å². The summed E-state index contributed by atoms with van der Waals surface area (Å²) in [4.78, 5) is 0. The maximum atomic E-state index is 6.15. The molecule has 15 heavy (non-hydrogen) atoms.